The highest BCUT2D eigenvalue weighted by molar-refractivity contribution is 9.19. The van der Waals surface area contributed by atoms with Crippen LogP contribution in [0, 0.1) is 0 Å². The van der Waals surface area contributed by atoms with Gasteiger partial charge in [-0.15, -0.1) is 0 Å². The number of ether oxygens (including phenoxy) is 2. The molecule has 1 saturated heterocycles. The molecule has 0 aromatic heterocycles. The van der Waals surface area contributed by atoms with E-state index >= 15 is 0 Å². The third-order valence-corrected chi connectivity index (χ3v) is 21.8. The molecule has 3 rings (SSSR count). The van der Waals surface area contributed by atoms with Gasteiger partial charge in [0.2, 0.25) is 0 Å². The third-order valence-electron chi connectivity index (χ3n) is 4.07. The number of hydrogen-bond acceptors (Lipinski definition) is 8. The number of hydrogen-bond donors (Lipinski definition) is 0. The fraction of sp³-hybridized carbons (Fsp3) is 0.333. The molecule has 2 atom stereocenters. The van der Waals surface area contributed by atoms with E-state index in [4.69, 9.17) is 42.1 Å². The zero-order valence-electron chi connectivity index (χ0n) is 15.6. The number of benzene rings is 2. The van der Waals surface area contributed by atoms with Gasteiger partial charge in [-0.25, -0.2) is 0 Å². The van der Waals surface area contributed by atoms with Crippen LogP contribution in [0.1, 0.15) is 12.8 Å². The maximum atomic E-state index is 6.25. The summed E-state index contributed by atoms with van der Waals surface area (Å²) in [5, 5.41) is 2.02. The first-order chi connectivity index (χ1) is 13.5. The van der Waals surface area contributed by atoms with Gasteiger partial charge in [0.05, 0.1) is 27.4 Å². The lowest BCUT2D eigenvalue weighted by atomic mass is 10.3. The maximum absolute atomic E-state index is 6.25. The van der Waals surface area contributed by atoms with Crippen LogP contribution in [0.3, 0.4) is 0 Å². The number of methoxy groups -OCH3 is 2. The second-order valence-electron chi connectivity index (χ2n) is 5.91. The smallest absolute Gasteiger partial charge is 0.159 e. The third kappa shape index (κ3) is 5.55. The fourth-order valence-corrected chi connectivity index (χ4v) is 21.7. The van der Waals surface area contributed by atoms with Gasteiger partial charge in [-0.1, -0.05) is 0 Å². The molecule has 0 aliphatic carbocycles. The summed E-state index contributed by atoms with van der Waals surface area (Å²) in [7, 11) is 6.44. The summed E-state index contributed by atoms with van der Waals surface area (Å²) in [6, 6.07) is 15.7. The van der Waals surface area contributed by atoms with E-state index in [1.807, 2.05) is 48.5 Å². The van der Waals surface area contributed by atoms with Crippen LogP contribution in [-0.2, 0) is 32.7 Å². The Morgan fingerprint density at radius 2 is 1.07 bits per heavy atom. The fourth-order valence-electron chi connectivity index (χ4n) is 2.47. The predicted molar refractivity (Wildman–Crippen MR) is 130 cm³/mol. The van der Waals surface area contributed by atoms with Crippen molar-refractivity contribution in [2.45, 2.75) is 12.8 Å². The molecule has 0 unspecified atom stereocenters. The SMILES string of the molecule is COc1ccc([P@@]2(=S)OCCCCO[P@](=S)(c3ccc(OC)cc3)SS2)cc1. The molecule has 1 heterocycles. The lowest BCUT2D eigenvalue weighted by Crippen LogP contribution is -2.09. The van der Waals surface area contributed by atoms with Crippen molar-refractivity contribution < 1.29 is 18.5 Å². The average Bonchev–Trinajstić information content (AvgIpc) is 2.75. The van der Waals surface area contributed by atoms with E-state index in [0.29, 0.717) is 13.2 Å². The van der Waals surface area contributed by atoms with Crippen molar-refractivity contribution in [2.75, 3.05) is 27.4 Å². The van der Waals surface area contributed by atoms with E-state index in [9.17, 15) is 0 Å². The van der Waals surface area contributed by atoms with Crippen molar-refractivity contribution in [3.8, 4) is 11.5 Å². The molecular weight excluding hydrogens is 470 g/mol. The molecule has 1 fully saturated rings. The lowest BCUT2D eigenvalue weighted by molar-refractivity contribution is 0.303. The molecule has 4 nitrogen and oxygen atoms in total. The zero-order chi connectivity index (χ0) is 20.0. The van der Waals surface area contributed by atoms with Crippen LogP contribution in [0.25, 0.3) is 0 Å². The first-order valence-corrected chi connectivity index (χ1v) is 17.5. The Hall–Kier alpha value is -0.0400. The van der Waals surface area contributed by atoms with Crippen molar-refractivity contribution in [3.63, 3.8) is 0 Å². The van der Waals surface area contributed by atoms with Gasteiger partial charge in [0.1, 0.15) is 11.5 Å². The van der Waals surface area contributed by atoms with Crippen LogP contribution >= 0.6 is 31.8 Å². The molecule has 0 spiro atoms. The normalized spacial score (nSPS) is 26.4. The highest BCUT2D eigenvalue weighted by Crippen LogP contribution is 2.75. The van der Waals surface area contributed by atoms with Crippen LogP contribution in [0.2, 0.25) is 0 Å². The molecule has 0 bridgehead atoms. The second kappa shape index (κ2) is 10.3. The first-order valence-electron chi connectivity index (χ1n) is 8.65. The van der Waals surface area contributed by atoms with Crippen LogP contribution < -0.4 is 20.1 Å². The molecule has 1 aliphatic heterocycles. The summed E-state index contributed by atoms with van der Waals surface area (Å²) in [4.78, 5) is 0. The summed E-state index contributed by atoms with van der Waals surface area (Å²) in [5.41, 5.74) is -4.63. The van der Waals surface area contributed by atoms with Crippen LogP contribution in [0.15, 0.2) is 48.5 Å². The molecule has 1 aliphatic rings. The quantitative estimate of drug-likeness (QED) is 0.410. The standard InChI is InChI=1S/C18H22O4P2S4/c1-19-15-5-9-17(10-6-15)23(25)21-13-3-4-14-22-24(26,28-27-23)18-11-7-16(20-2)8-12-18/h5-12H,3-4,13-14H2,1-2H3/t23-,24-/m0/s1. The Kier molecular flexibility index (Phi) is 8.34. The van der Waals surface area contributed by atoms with Gasteiger partial charge >= 0.3 is 0 Å². The summed E-state index contributed by atoms with van der Waals surface area (Å²) in [6.45, 7) is 1.26. The molecular formula is C18H22O4P2S4. The monoisotopic (exact) mass is 492 g/mol. The van der Waals surface area contributed by atoms with Crippen molar-refractivity contribution in [1.29, 1.82) is 0 Å². The minimum absolute atomic E-state index is 0.631. The molecule has 28 heavy (non-hydrogen) atoms. The molecule has 152 valence electrons. The topological polar surface area (TPSA) is 36.9 Å². The minimum atomic E-state index is -2.32. The van der Waals surface area contributed by atoms with E-state index in [-0.39, 0.29) is 0 Å². The van der Waals surface area contributed by atoms with E-state index < -0.39 is 10.9 Å². The van der Waals surface area contributed by atoms with Crippen LogP contribution in [0.4, 0.5) is 0 Å². The minimum Gasteiger partial charge on any atom is -0.497 e. The first kappa shape index (κ1) is 22.6. The van der Waals surface area contributed by atoms with E-state index in [0.717, 1.165) is 34.9 Å². The summed E-state index contributed by atoms with van der Waals surface area (Å²) < 4.78 is 23.0. The molecule has 10 heteroatoms. The van der Waals surface area contributed by atoms with Crippen LogP contribution in [0.5, 0.6) is 11.5 Å². The highest BCUT2D eigenvalue weighted by atomic mass is 33.5. The lowest BCUT2D eigenvalue weighted by Gasteiger charge is -2.28. The Morgan fingerprint density at radius 3 is 1.39 bits per heavy atom. The Bertz CT molecular complexity index is 801. The molecule has 0 amide bonds. The second-order valence-corrected chi connectivity index (χ2v) is 20.9. The highest BCUT2D eigenvalue weighted by Gasteiger charge is 2.30. The van der Waals surface area contributed by atoms with Crippen molar-refractivity contribution in [1.82, 2.24) is 0 Å². The molecule has 0 saturated carbocycles. The van der Waals surface area contributed by atoms with Crippen molar-refractivity contribution in [2.24, 2.45) is 0 Å². The van der Waals surface area contributed by atoms with Gasteiger partial charge in [-0.3, -0.25) is 0 Å². The van der Waals surface area contributed by atoms with Gasteiger partial charge in [0.15, 0.2) is 10.9 Å². The number of rotatable bonds is 4. The van der Waals surface area contributed by atoms with Gasteiger partial charge in [-0.05, 0) is 106 Å². The maximum Gasteiger partial charge on any atom is 0.159 e. The van der Waals surface area contributed by atoms with Crippen molar-refractivity contribution in [3.05, 3.63) is 48.5 Å². The molecule has 2 aromatic rings. The average molecular weight is 493 g/mol. The zero-order valence-corrected chi connectivity index (χ0v) is 20.7. The van der Waals surface area contributed by atoms with Crippen molar-refractivity contribution >= 4 is 66.0 Å². The van der Waals surface area contributed by atoms with E-state index in [1.54, 1.807) is 35.0 Å². The van der Waals surface area contributed by atoms with Gasteiger partial charge in [0.25, 0.3) is 0 Å². The Balaban J connectivity index is 1.88. The Morgan fingerprint density at radius 1 is 0.714 bits per heavy atom. The molecule has 2 aromatic carbocycles. The molecule has 0 N–H and O–H groups in total. The summed E-state index contributed by atoms with van der Waals surface area (Å²) >= 11 is 12.1. The van der Waals surface area contributed by atoms with Gasteiger partial charge in [-0.2, -0.15) is 0 Å². The van der Waals surface area contributed by atoms with E-state index in [1.165, 1.54) is 0 Å². The largest absolute Gasteiger partial charge is 0.497 e. The van der Waals surface area contributed by atoms with Crippen LogP contribution in [-0.4, -0.2) is 27.4 Å². The summed E-state index contributed by atoms with van der Waals surface area (Å²) in [5.74, 6) is 1.60. The van der Waals surface area contributed by atoms with Gasteiger partial charge in [0, 0.05) is 10.6 Å². The van der Waals surface area contributed by atoms with Gasteiger partial charge < -0.3 is 18.5 Å². The summed E-state index contributed by atoms with van der Waals surface area (Å²) in [6.07, 6.45) is 1.80. The predicted octanol–water partition coefficient (Wildman–Crippen LogP) is 5.48. The Labute approximate surface area is 184 Å². The van der Waals surface area contributed by atoms with E-state index in [2.05, 4.69) is 0 Å². The molecule has 0 radical (unpaired) electrons.